The van der Waals surface area contributed by atoms with Gasteiger partial charge in [-0.05, 0) is 0 Å². The summed E-state index contributed by atoms with van der Waals surface area (Å²) >= 11 is 0. The van der Waals surface area contributed by atoms with Crippen molar-refractivity contribution in [2.45, 2.75) is 18.9 Å². The van der Waals surface area contributed by atoms with Gasteiger partial charge in [-0.25, -0.2) is 9.59 Å². The van der Waals surface area contributed by atoms with E-state index in [1.165, 1.54) is 0 Å². The van der Waals surface area contributed by atoms with Gasteiger partial charge in [0, 0.05) is 5.57 Å². The van der Waals surface area contributed by atoms with Crippen molar-refractivity contribution in [1.29, 1.82) is 0 Å². The Balaban J connectivity index is 4.50. The molecule has 8 nitrogen and oxygen atoms in total. The average Bonchev–Trinajstić information content (AvgIpc) is 2.14. The van der Waals surface area contributed by atoms with Crippen LogP contribution in [-0.2, 0) is 23.9 Å². The lowest BCUT2D eigenvalue weighted by atomic mass is 10.2. The maximum atomic E-state index is 11.1. The SMILES string of the molecule is C=C(CC(=O)O)C(=O)OC(CC(=O)O)C(=O)O. The third-order valence-corrected chi connectivity index (χ3v) is 1.54. The molecule has 0 saturated carbocycles. The summed E-state index contributed by atoms with van der Waals surface area (Å²) in [5.74, 6) is -5.68. The van der Waals surface area contributed by atoms with E-state index in [2.05, 4.69) is 11.3 Å². The van der Waals surface area contributed by atoms with Crippen LogP contribution < -0.4 is 0 Å². The topological polar surface area (TPSA) is 138 Å². The van der Waals surface area contributed by atoms with E-state index in [1.54, 1.807) is 0 Å². The summed E-state index contributed by atoms with van der Waals surface area (Å²) in [6.45, 7) is 3.09. The molecule has 0 bridgehead atoms. The van der Waals surface area contributed by atoms with E-state index in [9.17, 15) is 19.2 Å². The first-order valence-corrected chi connectivity index (χ1v) is 4.29. The molecule has 0 amide bonds. The molecule has 0 spiro atoms. The molecule has 3 N–H and O–H groups in total. The van der Waals surface area contributed by atoms with Gasteiger partial charge in [-0.3, -0.25) is 9.59 Å². The Hall–Kier alpha value is -2.38. The molecule has 17 heavy (non-hydrogen) atoms. The van der Waals surface area contributed by atoms with Gasteiger partial charge in [0.25, 0.3) is 0 Å². The summed E-state index contributed by atoms with van der Waals surface area (Å²) in [7, 11) is 0. The summed E-state index contributed by atoms with van der Waals surface area (Å²) in [4.78, 5) is 42.2. The lowest BCUT2D eigenvalue weighted by Crippen LogP contribution is -2.30. The van der Waals surface area contributed by atoms with Crippen molar-refractivity contribution in [1.82, 2.24) is 0 Å². The van der Waals surface area contributed by atoms with Crippen LogP contribution in [0.5, 0.6) is 0 Å². The Labute approximate surface area is 95.1 Å². The maximum Gasteiger partial charge on any atom is 0.345 e. The maximum absolute atomic E-state index is 11.1. The van der Waals surface area contributed by atoms with Crippen LogP contribution in [0.4, 0.5) is 0 Å². The van der Waals surface area contributed by atoms with E-state index in [-0.39, 0.29) is 0 Å². The number of carbonyl (C=O) groups excluding carboxylic acids is 1. The van der Waals surface area contributed by atoms with Gasteiger partial charge in [-0.2, -0.15) is 0 Å². The van der Waals surface area contributed by atoms with Gasteiger partial charge in [-0.15, -0.1) is 0 Å². The van der Waals surface area contributed by atoms with Crippen molar-refractivity contribution in [3.63, 3.8) is 0 Å². The fourth-order valence-electron chi connectivity index (χ4n) is 0.805. The van der Waals surface area contributed by atoms with Gasteiger partial charge in [0.2, 0.25) is 6.10 Å². The van der Waals surface area contributed by atoms with Gasteiger partial charge in [0.05, 0.1) is 12.8 Å². The largest absolute Gasteiger partial charge is 0.481 e. The molecule has 0 fully saturated rings. The first-order valence-electron chi connectivity index (χ1n) is 4.29. The number of rotatable bonds is 7. The molecule has 0 aromatic heterocycles. The number of esters is 1. The number of carbonyl (C=O) groups is 4. The van der Waals surface area contributed by atoms with Crippen LogP contribution in [0.15, 0.2) is 12.2 Å². The fourth-order valence-corrected chi connectivity index (χ4v) is 0.805. The zero-order valence-corrected chi connectivity index (χ0v) is 8.58. The standard InChI is InChI=1S/C9H10O8/c1-4(2-6(10)11)9(16)17-5(8(14)15)3-7(12)13/h5H,1-3H2,(H,10,11)(H,12,13)(H,14,15). The summed E-state index contributed by atoms with van der Waals surface area (Å²) < 4.78 is 4.30. The predicted octanol–water partition coefficient (Wildman–Crippen LogP) is -0.512. The number of ether oxygens (including phenoxy) is 1. The summed E-state index contributed by atoms with van der Waals surface area (Å²) in [5.41, 5.74) is -0.464. The molecule has 0 aromatic carbocycles. The summed E-state index contributed by atoms with van der Waals surface area (Å²) in [5, 5.41) is 25.2. The average molecular weight is 246 g/mol. The highest BCUT2D eigenvalue weighted by atomic mass is 16.6. The molecule has 0 aromatic rings. The molecule has 0 saturated heterocycles. The Bertz CT molecular complexity index is 369. The van der Waals surface area contributed by atoms with Gasteiger partial charge in [0.1, 0.15) is 0 Å². The van der Waals surface area contributed by atoms with E-state index in [1.807, 2.05) is 0 Å². The van der Waals surface area contributed by atoms with Crippen LogP contribution in [0, 0.1) is 0 Å². The predicted molar refractivity (Wildman–Crippen MR) is 51.2 cm³/mol. The van der Waals surface area contributed by atoms with Gasteiger partial charge >= 0.3 is 23.9 Å². The lowest BCUT2D eigenvalue weighted by molar-refractivity contribution is -0.165. The summed E-state index contributed by atoms with van der Waals surface area (Å²) in [6.07, 6.45) is -3.50. The molecule has 1 unspecified atom stereocenters. The van der Waals surface area contributed by atoms with Gasteiger partial charge in [-0.1, -0.05) is 6.58 Å². The highest BCUT2D eigenvalue weighted by molar-refractivity contribution is 5.94. The van der Waals surface area contributed by atoms with E-state index in [4.69, 9.17) is 15.3 Å². The lowest BCUT2D eigenvalue weighted by Gasteiger charge is -2.11. The smallest absolute Gasteiger partial charge is 0.345 e. The molecule has 0 aliphatic rings. The third kappa shape index (κ3) is 5.92. The molecular formula is C9H10O8. The van der Waals surface area contributed by atoms with Crippen molar-refractivity contribution < 1.29 is 39.2 Å². The molecule has 0 heterocycles. The summed E-state index contributed by atoms with van der Waals surface area (Å²) in [6, 6.07) is 0. The highest BCUT2D eigenvalue weighted by Gasteiger charge is 2.26. The molecule has 0 radical (unpaired) electrons. The van der Waals surface area contributed by atoms with E-state index in [0.717, 1.165) is 0 Å². The van der Waals surface area contributed by atoms with Crippen molar-refractivity contribution >= 4 is 23.9 Å². The highest BCUT2D eigenvalue weighted by Crippen LogP contribution is 2.07. The van der Waals surface area contributed by atoms with Crippen LogP contribution in [0.25, 0.3) is 0 Å². The zero-order chi connectivity index (χ0) is 13.6. The monoisotopic (exact) mass is 246 g/mol. The second kappa shape index (κ2) is 6.26. The molecule has 0 rings (SSSR count). The number of hydrogen-bond donors (Lipinski definition) is 3. The Kier molecular flexibility index (Phi) is 5.38. The molecule has 0 aliphatic carbocycles. The first-order chi connectivity index (χ1) is 7.73. The number of carboxylic acid groups (broad SMARTS) is 3. The number of hydrogen-bond acceptors (Lipinski definition) is 5. The van der Waals surface area contributed by atoms with Gasteiger partial charge < -0.3 is 20.1 Å². The van der Waals surface area contributed by atoms with Crippen LogP contribution in [0.1, 0.15) is 12.8 Å². The fraction of sp³-hybridized carbons (Fsp3) is 0.333. The minimum absolute atomic E-state index is 0.464. The van der Waals surface area contributed by atoms with Crippen molar-refractivity contribution in [3.8, 4) is 0 Å². The Morgan fingerprint density at radius 2 is 1.59 bits per heavy atom. The molecule has 1 atom stereocenters. The molecule has 94 valence electrons. The first kappa shape index (κ1) is 14.6. The van der Waals surface area contributed by atoms with Crippen LogP contribution in [0.2, 0.25) is 0 Å². The second-order valence-corrected chi connectivity index (χ2v) is 3.00. The van der Waals surface area contributed by atoms with Crippen LogP contribution in [0.3, 0.4) is 0 Å². The number of aliphatic carboxylic acids is 3. The van der Waals surface area contributed by atoms with Crippen molar-refractivity contribution in [3.05, 3.63) is 12.2 Å². The van der Waals surface area contributed by atoms with Crippen molar-refractivity contribution in [2.75, 3.05) is 0 Å². The van der Waals surface area contributed by atoms with E-state index in [0.29, 0.717) is 0 Å². The number of carboxylic acids is 3. The molecule has 8 heteroatoms. The van der Waals surface area contributed by atoms with E-state index < -0.39 is 48.4 Å². The Morgan fingerprint density at radius 1 is 1.06 bits per heavy atom. The minimum atomic E-state index is -1.87. The van der Waals surface area contributed by atoms with Crippen LogP contribution in [-0.4, -0.2) is 45.3 Å². The van der Waals surface area contributed by atoms with Crippen molar-refractivity contribution in [2.24, 2.45) is 0 Å². The minimum Gasteiger partial charge on any atom is -0.481 e. The second-order valence-electron chi connectivity index (χ2n) is 3.00. The van der Waals surface area contributed by atoms with E-state index >= 15 is 0 Å². The molecular weight excluding hydrogens is 236 g/mol. The van der Waals surface area contributed by atoms with Crippen LogP contribution >= 0.6 is 0 Å². The third-order valence-electron chi connectivity index (χ3n) is 1.54. The molecule has 0 aliphatic heterocycles. The quantitative estimate of drug-likeness (QED) is 0.403. The Morgan fingerprint density at radius 3 is 1.94 bits per heavy atom. The van der Waals surface area contributed by atoms with Gasteiger partial charge in [0.15, 0.2) is 0 Å². The normalized spacial score (nSPS) is 11.3. The zero-order valence-electron chi connectivity index (χ0n) is 8.58.